The second-order valence-electron chi connectivity index (χ2n) is 4.35. The van der Waals surface area contributed by atoms with Gasteiger partial charge in [-0.15, -0.1) is 11.3 Å². The Morgan fingerprint density at radius 3 is 2.70 bits per heavy atom. The molecule has 0 bridgehead atoms. The molecule has 0 unspecified atom stereocenters. The molecule has 0 saturated carbocycles. The predicted molar refractivity (Wildman–Crippen MR) is 81.5 cm³/mol. The third-order valence-electron chi connectivity index (χ3n) is 2.96. The zero-order valence-electron chi connectivity index (χ0n) is 11.2. The Balaban J connectivity index is 2.24. The molecule has 2 heterocycles. The number of amides is 1. The Morgan fingerprint density at radius 1 is 1.45 bits per heavy atom. The highest BCUT2D eigenvalue weighted by molar-refractivity contribution is 7.99. The summed E-state index contributed by atoms with van der Waals surface area (Å²) in [6, 6.07) is 1.55. The monoisotopic (exact) mass is 336 g/mol. The standard InChI is InChI=1S/C11H17N3O3S3/c1-8-9(13-10(15)7-12)6-11(19-8)20(16,17)14-2-4-18-5-3-14/h6H,2-5,7,12H2,1H3,(H,13,15)/p+1. The van der Waals surface area contributed by atoms with Crippen LogP contribution in [0, 0.1) is 6.92 Å². The topological polar surface area (TPSA) is 94.1 Å². The number of anilines is 1. The summed E-state index contributed by atoms with van der Waals surface area (Å²) >= 11 is 2.96. The molecule has 0 spiro atoms. The van der Waals surface area contributed by atoms with E-state index in [0.717, 1.165) is 16.4 Å². The van der Waals surface area contributed by atoms with Gasteiger partial charge in [0, 0.05) is 29.5 Å². The molecule has 1 aromatic rings. The maximum atomic E-state index is 12.5. The van der Waals surface area contributed by atoms with E-state index < -0.39 is 10.0 Å². The van der Waals surface area contributed by atoms with Crippen molar-refractivity contribution >= 4 is 44.7 Å². The van der Waals surface area contributed by atoms with Crippen molar-refractivity contribution in [2.75, 3.05) is 36.5 Å². The summed E-state index contributed by atoms with van der Waals surface area (Å²) < 4.78 is 26.8. The van der Waals surface area contributed by atoms with Gasteiger partial charge in [0.05, 0.1) is 5.69 Å². The number of carbonyl (C=O) groups is 1. The molecule has 1 fully saturated rings. The van der Waals surface area contributed by atoms with Crippen molar-refractivity contribution in [2.24, 2.45) is 0 Å². The Kier molecular flexibility index (Phi) is 5.08. The minimum absolute atomic E-state index is 0.126. The van der Waals surface area contributed by atoms with Gasteiger partial charge in [0.1, 0.15) is 4.21 Å². The van der Waals surface area contributed by atoms with Crippen LogP contribution in [0.15, 0.2) is 10.3 Å². The average Bonchev–Trinajstić information content (AvgIpc) is 2.81. The Morgan fingerprint density at radius 2 is 2.10 bits per heavy atom. The van der Waals surface area contributed by atoms with Crippen LogP contribution in [0.5, 0.6) is 0 Å². The van der Waals surface area contributed by atoms with E-state index >= 15 is 0 Å². The number of nitrogens with one attached hydrogen (secondary N) is 1. The lowest BCUT2D eigenvalue weighted by Gasteiger charge is -2.24. The summed E-state index contributed by atoms with van der Waals surface area (Å²) in [5, 5.41) is 2.68. The van der Waals surface area contributed by atoms with E-state index in [2.05, 4.69) is 11.1 Å². The molecule has 112 valence electrons. The number of sulfonamides is 1. The number of rotatable bonds is 4. The summed E-state index contributed by atoms with van der Waals surface area (Å²) in [6.45, 7) is 3.02. The van der Waals surface area contributed by atoms with Crippen LogP contribution in [0.1, 0.15) is 4.88 Å². The van der Waals surface area contributed by atoms with Crippen molar-refractivity contribution in [1.82, 2.24) is 4.31 Å². The molecule has 1 saturated heterocycles. The number of aryl methyl sites for hydroxylation is 1. The van der Waals surface area contributed by atoms with Gasteiger partial charge >= 0.3 is 0 Å². The molecule has 0 aromatic carbocycles. The molecular weight excluding hydrogens is 318 g/mol. The first kappa shape index (κ1) is 15.8. The Hall–Kier alpha value is -0.610. The van der Waals surface area contributed by atoms with Crippen LogP contribution in [0.3, 0.4) is 0 Å². The third-order valence-corrected chi connectivity index (χ3v) is 7.30. The first-order chi connectivity index (χ1) is 9.45. The minimum atomic E-state index is -3.43. The van der Waals surface area contributed by atoms with Gasteiger partial charge in [-0.2, -0.15) is 16.1 Å². The van der Waals surface area contributed by atoms with Gasteiger partial charge in [0.15, 0.2) is 6.54 Å². The molecule has 20 heavy (non-hydrogen) atoms. The number of hydrogen-bond acceptors (Lipinski definition) is 5. The van der Waals surface area contributed by atoms with E-state index in [1.54, 1.807) is 24.8 Å². The van der Waals surface area contributed by atoms with Crippen molar-refractivity contribution in [3.8, 4) is 0 Å². The number of hydrogen-bond donors (Lipinski definition) is 2. The van der Waals surface area contributed by atoms with E-state index in [1.807, 2.05) is 0 Å². The van der Waals surface area contributed by atoms with Gasteiger partial charge in [-0.3, -0.25) is 4.79 Å². The summed E-state index contributed by atoms with van der Waals surface area (Å²) in [5.41, 5.74) is 4.07. The SMILES string of the molecule is Cc1sc(S(=O)(=O)N2CCSCC2)cc1NC(=O)C[NH3+]. The molecular formula is C11H18N3O3S3+. The van der Waals surface area contributed by atoms with Gasteiger partial charge in [0.2, 0.25) is 0 Å². The molecule has 4 N–H and O–H groups in total. The summed E-state index contributed by atoms with van der Waals surface area (Å²) in [6.07, 6.45) is 0. The Labute approximate surface area is 126 Å². The number of nitrogens with zero attached hydrogens (tertiary/aromatic N) is 1. The van der Waals surface area contributed by atoms with E-state index in [-0.39, 0.29) is 12.5 Å². The fourth-order valence-electron chi connectivity index (χ4n) is 1.83. The lowest BCUT2D eigenvalue weighted by atomic mass is 10.4. The van der Waals surface area contributed by atoms with E-state index in [4.69, 9.17) is 0 Å². The lowest BCUT2D eigenvalue weighted by molar-refractivity contribution is -0.353. The van der Waals surface area contributed by atoms with Crippen LogP contribution in [-0.2, 0) is 14.8 Å². The molecule has 1 aromatic heterocycles. The van der Waals surface area contributed by atoms with Crippen molar-refractivity contribution in [1.29, 1.82) is 0 Å². The molecule has 0 aliphatic carbocycles. The van der Waals surface area contributed by atoms with Gasteiger partial charge < -0.3 is 11.1 Å². The number of quaternary nitrogens is 1. The fourth-order valence-corrected chi connectivity index (χ4v) is 5.96. The number of carbonyl (C=O) groups excluding carboxylic acids is 1. The van der Waals surface area contributed by atoms with Crippen molar-refractivity contribution in [3.63, 3.8) is 0 Å². The lowest BCUT2D eigenvalue weighted by Crippen LogP contribution is -2.55. The van der Waals surface area contributed by atoms with E-state index in [9.17, 15) is 13.2 Å². The van der Waals surface area contributed by atoms with Gasteiger partial charge in [-0.05, 0) is 13.0 Å². The van der Waals surface area contributed by atoms with Crippen LogP contribution in [-0.4, -0.2) is 49.8 Å². The molecule has 9 heteroatoms. The van der Waals surface area contributed by atoms with Crippen molar-refractivity contribution in [3.05, 3.63) is 10.9 Å². The number of thioether (sulfide) groups is 1. The first-order valence-electron chi connectivity index (χ1n) is 6.22. The summed E-state index contributed by atoms with van der Waals surface area (Å²) in [5.74, 6) is 1.44. The minimum Gasteiger partial charge on any atom is -0.350 e. The maximum absolute atomic E-state index is 12.5. The molecule has 1 amide bonds. The van der Waals surface area contributed by atoms with Crippen LogP contribution in [0.2, 0.25) is 0 Å². The van der Waals surface area contributed by atoms with Crippen LogP contribution >= 0.6 is 23.1 Å². The third kappa shape index (κ3) is 3.34. The zero-order chi connectivity index (χ0) is 14.8. The van der Waals surface area contributed by atoms with Crippen LogP contribution < -0.4 is 11.1 Å². The fraction of sp³-hybridized carbons (Fsp3) is 0.545. The normalized spacial score (nSPS) is 17.1. The zero-order valence-corrected chi connectivity index (χ0v) is 13.7. The summed E-state index contributed by atoms with van der Waals surface area (Å²) in [7, 11) is -3.43. The number of thiophene rings is 1. The van der Waals surface area contributed by atoms with Crippen molar-refractivity contribution in [2.45, 2.75) is 11.1 Å². The van der Waals surface area contributed by atoms with Gasteiger partial charge in [-0.25, -0.2) is 8.42 Å². The maximum Gasteiger partial charge on any atom is 0.279 e. The second-order valence-corrected chi connectivity index (χ2v) is 9.00. The molecule has 1 aliphatic heterocycles. The largest absolute Gasteiger partial charge is 0.350 e. The van der Waals surface area contributed by atoms with Crippen molar-refractivity contribution < 1.29 is 18.9 Å². The summed E-state index contributed by atoms with van der Waals surface area (Å²) in [4.78, 5) is 12.2. The highest BCUT2D eigenvalue weighted by atomic mass is 32.2. The highest BCUT2D eigenvalue weighted by Gasteiger charge is 2.28. The van der Waals surface area contributed by atoms with Gasteiger partial charge in [0.25, 0.3) is 15.9 Å². The Bertz CT molecular complexity index is 591. The quantitative estimate of drug-likeness (QED) is 0.807. The molecule has 0 atom stereocenters. The van der Waals surface area contributed by atoms with Crippen LogP contribution in [0.25, 0.3) is 0 Å². The van der Waals surface area contributed by atoms with Crippen LogP contribution in [0.4, 0.5) is 5.69 Å². The predicted octanol–water partition coefficient (Wildman–Crippen LogP) is -0.0256. The molecule has 0 radical (unpaired) electrons. The smallest absolute Gasteiger partial charge is 0.279 e. The van der Waals surface area contributed by atoms with E-state index in [0.29, 0.717) is 23.0 Å². The van der Waals surface area contributed by atoms with E-state index in [1.165, 1.54) is 15.6 Å². The first-order valence-corrected chi connectivity index (χ1v) is 9.63. The molecule has 6 nitrogen and oxygen atoms in total. The molecule has 2 rings (SSSR count). The molecule has 1 aliphatic rings. The second kappa shape index (κ2) is 6.44. The average molecular weight is 336 g/mol. The van der Waals surface area contributed by atoms with Gasteiger partial charge in [-0.1, -0.05) is 0 Å². The highest BCUT2D eigenvalue weighted by Crippen LogP contribution is 2.32.